The Morgan fingerprint density at radius 1 is 1.35 bits per heavy atom. The van der Waals surface area contributed by atoms with Gasteiger partial charge in [0.05, 0.1) is 6.61 Å². The Morgan fingerprint density at radius 2 is 1.94 bits per heavy atom. The lowest BCUT2D eigenvalue weighted by molar-refractivity contribution is 0.104. The highest BCUT2D eigenvalue weighted by atomic mass is 35.5. The van der Waals surface area contributed by atoms with E-state index in [4.69, 9.17) is 22.1 Å². The van der Waals surface area contributed by atoms with E-state index >= 15 is 0 Å². The van der Waals surface area contributed by atoms with E-state index in [-0.39, 0.29) is 23.9 Å². The molecule has 0 bridgehead atoms. The molecule has 1 aromatic rings. The van der Waals surface area contributed by atoms with Gasteiger partial charge in [-0.2, -0.15) is 0 Å². The third-order valence-electron chi connectivity index (χ3n) is 3.72. The van der Waals surface area contributed by atoms with Gasteiger partial charge in [-0.05, 0) is 30.5 Å². The highest BCUT2D eigenvalue weighted by Crippen LogP contribution is 2.46. The molecule has 0 amide bonds. The number of benzene rings is 1. The van der Waals surface area contributed by atoms with Gasteiger partial charge >= 0.3 is 0 Å². The van der Waals surface area contributed by atoms with Crippen molar-refractivity contribution >= 4 is 24.0 Å². The Balaban J connectivity index is 0.00000144. The van der Waals surface area contributed by atoms with Crippen LogP contribution in [0, 0.1) is 0 Å². The van der Waals surface area contributed by atoms with Crippen molar-refractivity contribution < 1.29 is 4.74 Å². The summed E-state index contributed by atoms with van der Waals surface area (Å²) in [6.45, 7) is 0.614. The van der Waals surface area contributed by atoms with Gasteiger partial charge in [0.1, 0.15) is 0 Å². The zero-order chi connectivity index (χ0) is 11.6. The van der Waals surface area contributed by atoms with Crippen molar-refractivity contribution in [3.63, 3.8) is 0 Å². The van der Waals surface area contributed by atoms with Crippen LogP contribution in [-0.2, 0) is 10.2 Å². The summed E-state index contributed by atoms with van der Waals surface area (Å²) in [6.07, 6.45) is 3.55. The Kier molecular flexibility index (Phi) is 5.26. The number of halogens is 2. The average molecular weight is 276 g/mol. The minimum absolute atomic E-state index is 0. The van der Waals surface area contributed by atoms with E-state index in [0.29, 0.717) is 6.61 Å². The van der Waals surface area contributed by atoms with E-state index in [1.165, 1.54) is 12.0 Å². The van der Waals surface area contributed by atoms with Crippen LogP contribution in [0.25, 0.3) is 0 Å². The van der Waals surface area contributed by atoms with Crippen LogP contribution in [0.1, 0.15) is 24.8 Å². The lowest BCUT2D eigenvalue weighted by atomic mass is 9.60. The van der Waals surface area contributed by atoms with Crippen LogP contribution in [0.4, 0.5) is 0 Å². The number of hydrogen-bond acceptors (Lipinski definition) is 2. The number of methoxy groups -OCH3 is 1. The fraction of sp³-hybridized carbons (Fsp3) is 0.538. The second-order valence-electron chi connectivity index (χ2n) is 4.58. The first-order valence-electron chi connectivity index (χ1n) is 5.69. The third kappa shape index (κ3) is 2.76. The first-order valence-corrected chi connectivity index (χ1v) is 6.07. The smallest absolute Gasteiger partial charge is 0.0622 e. The van der Waals surface area contributed by atoms with Crippen LogP contribution in [0.15, 0.2) is 24.3 Å². The predicted octanol–water partition coefficient (Wildman–Crippen LogP) is 3.16. The van der Waals surface area contributed by atoms with Crippen LogP contribution >= 0.6 is 24.0 Å². The summed E-state index contributed by atoms with van der Waals surface area (Å²) in [5.74, 6) is 0. The van der Waals surface area contributed by atoms with Crippen LogP contribution in [0.2, 0.25) is 5.02 Å². The van der Waals surface area contributed by atoms with Crippen molar-refractivity contribution in [2.75, 3.05) is 13.7 Å². The maximum atomic E-state index is 6.24. The van der Waals surface area contributed by atoms with Gasteiger partial charge in [0, 0.05) is 23.6 Å². The Morgan fingerprint density at radius 3 is 2.35 bits per heavy atom. The number of rotatable bonds is 4. The molecule has 0 spiro atoms. The summed E-state index contributed by atoms with van der Waals surface area (Å²) in [7, 11) is 1.70. The maximum absolute atomic E-state index is 6.24. The Labute approximate surface area is 114 Å². The fourth-order valence-corrected chi connectivity index (χ4v) is 2.68. The van der Waals surface area contributed by atoms with Gasteiger partial charge in [-0.15, -0.1) is 12.4 Å². The van der Waals surface area contributed by atoms with E-state index in [1.807, 2.05) is 12.1 Å². The topological polar surface area (TPSA) is 35.2 Å². The van der Waals surface area contributed by atoms with Crippen molar-refractivity contribution in [1.29, 1.82) is 0 Å². The summed E-state index contributed by atoms with van der Waals surface area (Å²) in [4.78, 5) is 0. The Hall–Kier alpha value is -0.280. The fourth-order valence-electron chi connectivity index (χ4n) is 2.55. The lowest BCUT2D eigenvalue weighted by Gasteiger charge is -2.46. The van der Waals surface area contributed by atoms with Crippen LogP contribution in [0.5, 0.6) is 0 Å². The molecule has 2 rings (SSSR count). The molecule has 0 heterocycles. The molecule has 1 aliphatic rings. The van der Waals surface area contributed by atoms with E-state index in [0.717, 1.165) is 17.9 Å². The second-order valence-corrected chi connectivity index (χ2v) is 5.01. The second kappa shape index (κ2) is 6.05. The van der Waals surface area contributed by atoms with Gasteiger partial charge in [-0.25, -0.2) is 0 Å². The van der Waals surface area contributed by atoms with Crippen LogP contribution in [0.3, 0.4) is 0 Å². The number of nitrogens with two attached hydrogens (primary N) is 1. The zero-order valence-corrected chi connectivity index (χ0v) is 11.6. The maximum Gasteiger partial charge on any atom is 0.0622 e. The van der Waals surface area contributed by atoms with E-state index < -0.39 is 0 Å². The molecule has 0 radical (unpaired) electrons. The quantitative estimate of drug-likeness (QED) is 0.916. The number of hydrogen-bond donors (Lipinski definition) is 1. The van der Waals surface area contributed by atoms with Gasteiger partial charge in [-0.1, -0.05) is 30.2 Å². The first-order chi connectivity index (χ1) is 7.69. The van der Waals surface area contributed by atoms with Crippen molar-refractivity contribution in [3.8, 4) is 0 Å². The SMILES string of the molecule is COCC(N)C1(c2ccc(Cl)cc2)CCC1.Cl. The highest BCUT2D eigenvalue weighted by Gasteiger charge is 2.43. The van der Waals surface area contributed by atoms with Gasteiger partial charge in [-0.3, -0.25) is 0 Å². The predicted molar refractivity (Wildman–Crippen MR) is 74.1 cm³/mol. The Bertz CT molecular complexity index is 349. The molecule has 1 atom stereocenters. The van der Waals surface area contributed by atoms with E-state index in [2.05, 4.69) is 12.1 Å². The molecule has 1 aliphatic carbocycles. The molecule has 2 N–H and O–H groups in total. The molecule has 0 aromatic heterocycles. The molecule has 1 unspecified atom stereocenters. The van der Waals surface area contributed by atoms with E-state index in [9.17, 15) is 0 Å². The van der Waals surface area contributed by atoms with Gasteiger partial charge in [0.2, 0.25) is 0 Å². The van der Waals surface area contributed by atoms with Crippen molar-refractivity contribution in [1.82, 2.24) is 0 Å². The molecule has 0 saturated heterocycles. The van der Waals surface area contributed by atoms with Crippen molar-refractivity contribution in [3.05, 3.63) is 34.9 Å². The van der Waals surface area contributed by atoms with Gasteiger partial charge in [0.15, 0.2) is 0 Å². The summed E-state index contributed by atoms with van der Waals surface area (Å²) in [6, 6.07) is 8.15. The monoisotopic (exact) mass is 275 g/mol. The van der Waals surface area contributed by atoms with Crippen molar-refractivity contribution in [2.45, 2.75) is 30.7 Å². The molecule has 4 heteroatoms. The molecular formula is C13H19Cl2NO. The molecule has 0 aliphatic heterocycles. The first kappa shape index (κ1) is 14.8. The minimum Gasteiger partial charge on any atom is -0.383 e. The largest absolute Gasteiger partial charge is 0.383 e. The summed E-state index contributed by atoms with van der Waals surface area (Å²) < 4.78 is 5.18. The minimum atomic E-state index is 0. The summed E-state index contributed by atoms with van der Waals surface area (Å²) in [5.41, 5.74) is 7.65. The molecule has 1 saturated carbocycles. The summed E-state index contributed by atoms with van der Waals surface area (Å²) >= 11 is 5.91. The van der Waals surface area contributed by atoms with E-state index in [1.54, 1.807) is 7.11 Å². The normalized spacial score (nSPS) is 19.0. The van der Waals surface area contributed by atoms with Gasteiger partial charge < -0.3 is 10.5 Å². The molecule has 2 nitrogen and oxygen atoms in total. The third-order valence-corrected chi connectivity index (χ3v) is 3.97. The molecule has 1 fully saturated rings. The molecular weight excluding hydrogens is 257 g/mol. The van der Waals surface area contributed by atoms with Gasteiger partial charge in [0.25, 0.3) is 0 Å². The standard InChI is InChI=1S/C13H18ClNO.ClH/c1-16-9-12(15)13(7-2-8-13)10-3-5-11(14)6-4-10;/h3-6,12H,2,7-9,15H2,1H3;1H. The number of ether oxygens (including phenoxy) is 1. The summed E-state index contributed by atoms with van der Waals surface area (Å²) in [5, 5.41) is 0.776. The van der Waals surface area contributed by atoms with Crippen LogP contribution in [-0.4, -0.2) is 19.8 Å². The van der Waals surface area contributed by atoms with Crippen molar-refractivity contribution in [2.24, 2.45) is 5.73 Å². The highest BCUT2D eigenvalue weighted by molar-refractivity contribution is 6.30. The lowest BCUT2D eigenvalue weighted by Crippen LogP contribution is -2.52. The molecule has 17 heavy (non-hydrogen) atoms. The van der Waals surface area contributed by atoms with Crippen LogP contribution < -0.4 is 5.73 Å². The zero-order valence-electron chi connectivity index (χ0n) is 9.99. The molecule has 1 aromatic carbocycles. The average Bonchev–Trinajstić information content (AvgIpc) is 2.19. The molecule has 96 valence electrons.